The second-order valence-corrected chi connectivity index (χ2v) is 12.5. The molecule has 0 saturated carbocycles. The van der Waals surface area contributed by atoms with Gasteiger partial charge in [0.15, 0.2) is 0 Å². The molecule has 0 fully saturated rings. The van der Waals surface area contributed by atoms with Crippen LogP contribution in [-0.2, 0) is 16.8 Å². The number of aryl methyl sites for hydroxylation is 2. The van der Waals surface area contributed by atoms with Crippen LogP contribution in [0.5, 0.6) is 0 Å². The Bertz CT molecular complexity index is 834. The maximum Gasteiger partial charge on any atom is 0.314 e. The lowest BCUT2D eigenvalue weighted by atomic mass is 10.2. The highest BCUT2D eigenvalue weighted by molar-refractivity contribution is 9.02. The van der Waals surface area contributed by atoms with E-state index in [0.717, 1.165) is 11.1 Å². The van der Waals surface area contributed by atoms with Crippen molar-refractivity contribution in [1.29, 1.82) is 0 Å². The van der Waals surface area contributed by atoms with Crippen LogP contribution < -0.4 is 0 Å². The average Bonchev–Trinajstić information content (AvgIpc) is 2.41. The summed E-state index contributed by atoms with van der Waals surface area (Å²) in [5.74, 6) is 0. The van der Waals surface area contributed by atoms with Crippen LogP contribution in [0.3, 0.4) is 0 Å². The van der Waals surface area contributed by atoms with Crippen molar-refractivity contribution in [3.8, 4) is 0 Å². The summed E-state index contributed by atoms with van der Waals surface area (Å²) < 4.78 is 48.8. The van der Waals surface area contributed by atoms with Crippen molar-refractivity contribution >= 4 is 27.6 Å². The second-order valence-electron chi connectivity index (χ2n) is 4.57. The molecule has 0 N–H and O–H groups in total. The van der Waals surface area contributed by atoms with E-state index < -0.39 is 16.8 Å². The summed E-state index contributed by atoms with van der Waals surface area (Å²) >= 11 is 0. The summed E-state index contributed by atoms with van der Waals surface area (Å²) in [6, 6.07) is 12.4. The third-order valence-electron chi connectivity index (χ3n) is 2.80. The van der Waals surface area contributed by atoms with Crippen LogP contribution in [-0.4, -0.2) is 16.8 Å². The van der Waals surface area contributed by atoms with Gasteiger partial charge in [0, 0.05) is 15.7 Å². The Labute approximate surface area is 127 Å². The number of hydrogen-bond donors (Lipinski definition) is 0. The molecular formula is C14H14O4S3. The molecule has 2 rings (SSSR count). The lowest BCUT2D eigenvalue weighted by Crippen LogP contribution is -2.12. The van der Waals surface area contributed by atoms with Crippen molar-refractivity contribution in [2.24, 2.45) is 0 Å². The number of hydrogen-bond acceptors (Lipinski definition) is 5. The lowest BCUT2D eigenvalue weighted by Gasteiger charge is -2.06. The summed E-state index contributed by atoms with van der Waals surface area (Å²) in [6.45, 7) is 3.66. The van der Waals surface area contributed by atoms with Gasteiger partial charge in [0.05, 0.1) is 4.90 Å². The molecule has 0 unspecified atom stereocenters. The Kier molecular flexibility index (Phi) is 4.46. The van der Waals surface area contributed by atoms with Crippen molar-refractivity contribution in [2.45, 2.75) is 23.6 Å². The average molecular weight is 342 g/mol. The Hall–Kier alpha value is -1.31. The highest BCUT2D eigenvalue weighted by atomic mass is 33.5. The van der Waals surface area contributed by atoms with Crippen molar-refractivity contribution in [1.82, 2.24) is 0 Å². The molecule has 7 heteroatoms. The molecule has 0 amide bonds. The first-order valence-electron chi connectivity index (χ1n) is 6.05. The van der Waals surface area contributed by atoms with Crippen LogP contribution in [0, 0.1) is 13.8 Å². The van der Waals surface area contributed by atoms with E-state index in [9.17, 15) is 16.8 Å². The Morgan fingerprint density at radius 2 is 1.14 bits per heavy atom. The topological polar surface area (TPSA) is 68.3 Å². The maximum absolute atomic E-state index is 12.2. The van der Waals surface area contributed by atoms with Gasteiger partial charge in [-0.05, 0) is 38.1 Å². The van der Waals surface area contributed by atoms with Crippen LogP contribution in [0.4, 0.5) is 0 Å². The molecule has 112 valence electrons. The van der Waals surface area contributed by atoms with Gasteiger partial charge in [-0.1, -0.05) is 35.4 Å². The molecular weight excluding hydrogens is 328 g/mol. The Morgan fingerprint density at radius 1 is 0.714 bits per heavy atom. The van der Waals surface area contributed by atoms with Crippen molar-refractivity contribution in [3.63, 3.8) is 0 Å². The summed E-state index contributed by atoms with van der Waals surface area (Å²) in [7, 11) is -8.49. The third-order valence-corrected chi connectivity index (χ3v) is 10.5. The van der Waals surface area contributed by atoms with Crippen LogP contribution >= 0.6 is 10.8 Å². The molecule has 0 bridgehead atoms. The minimum Gasteiger partial charge on any atom is -0.206 e. The zero-order valence-corrected chi connectivity index (χ0v) is 13.9. The molecule has 0 atom stereocenters. The van der Waals surface area contributed by atoms with Gasteiger partial charge in [0.1, 0.15) is 0 Å². The highest BCUT2D eigenvalue weighted by Gasteiger charge is 2.33. The van der Waals surface area contributed by atoms with Crippen molar-refractivity contribution in [3.05, 3.63) is 59.7 Å². The smallest absolute Gasteiger partial charge is 0.206 e. The van der Waals surface area contributed by atoms with E-state index in [1.54, 1.807) is 43.3 Å². The minimum atomic E-state index is -4.43. The predicted octanol–water partition coefficient (Wildman–Crippen LogP) is 3.11. The fraction of sp³-hybridized carbons (Fsp3) is 0.143. The molecule has 0 aliphatic rings. The molecule has 2 aromatic carbocycles. The quantitative estimate of drug-likeness (QED) is 0.799. The molecule has 0 aliphatic heterocycles. The van der Waals surface area contributed by atoms with Crippen LogP contribution in [0.25, 0.3) is 0 Å². The first-order valence-corrected chi connectivity index (χ1v) is 10.9. The van der Waals surface area contributed by atoms with Gasteiger partial charge in [0.2, 0.25) is 0 Å². The molecule has 0 aliphatic carbocycles. The first kappa shape index (κ1) is 16.1. The summed E-state index contributed by atoms with van der Waals surface area (Å²) in [5, 5.41) is 0. The fourth-order valence-corrected chi connectivity index (χ4v) is 7.43. The van der Waals surface area contributed by atoms with Gasteiger partial charge in [-0.25, -0.2) is 16.8 Å². The van der Waals surface area contributed by atoms with E-state index in [4.69, 9.17) is 0 Å². The number of rotatable bonds is 4. The van der Waals surface area contributed by atoms with Crippen LogP contribution in [0.15, 0.2) is 58.3 Å². The van der Waals surface area contributed by atoms with E-state index in [1.165, 1.54) is 12.1 Å². The van der Waals surface area contributed by atoms with E-state index >= 15 is 0 Å². The SMILES string of the molecule is Cc1ccc(SS(=O)(=O)S(=O)(=O)c2ccc(C)cc2)cc1. The molecule has 0 radical (unpaired) electrons. The maximum atomic E-state index is 12.2. The summed E-state index contributed by atoms with van der Waals surface area (Å²) in [4.78, 5) is 0.156. The first-order chi connectivity index (χ1) is 9.72. The number of benzene rings is 2. The monoisotopic (exact) mass is 342 g/mol. The van der Waals surface area contributed by atoms with Gasteiger partial charge in [0.25, 0.3) is 8.87 Å². The Balaban J connectivity index is 2.38. The second kappa shape index (κ2) is 5.82. The summed E-state index contributed by atoms with van der Waals surface area (Å²) in [6.07, 6.45) is 0. The predicted molar refractivity (Wildman–Crippen MR) is 84.3 cm³/mol. The molecule has 0 heterocycles. The van der Waals surface area contributed by atoms with E-state index in [2.05, 4.69) is 0 Å². The molecule has 0 saturated heterocycles. The lowest BCUT2D eigenvalue weighted by molar-refractivity contribution is 0.590. The molecule has 21 heavy (non-hydrogen) atoms. The largest absolute Gasteiger partial charge is 0.314 e. The van der Waals surface area contributed by atoms with Crippen molar-refractivity contribution < 1.29 is 16.8 Å². The van der Waals surface area contributed by atoms with Gasteiger partial charge in [-0.2, -0.15) is 0 Å². The molecule has 4 nitrogen and oxygen atoms in total. The molecule has 0 aromatic heterocycles. The van der Waals surface area contributed by atoms with Gasteiger partial charge in [-0.3, -0.25) is 0 Å². The zero-order valence-electron chi connectivity index (χ0n) is 11.5. The van der Waals surface area contributed by atoms with E-state index in [1.807, 2.05) is 6.92 Å². The van der Waals surface area contributed by atoms with Crippen LogP contribution in [0.2, 0.25) is 0 Å². The van der Waals surface area contributed by atoms with E-state index in [-0.39, 0.29) is 4.90 Å². The highest BCUT2D eigenvalue weighted by Crippen LogP contribution is 2.32. The summed E-state index contributed by atoms with van der Waals surface area (Å²) in [5.41, 5.74) is 1.83. The fourth-order valence-electron chi connectivity index (χ4n) is 1.58. The van der Waals surface area contributed by atoms with Crippen molar-refractivity contribution in [2.75, 3.05) is 0 Å². The standard InChI is InChI=1S/C14H14O4S3/c1-11-3-7-13(8-4-11)19-21(17,18)20(15,16)14-9-5-12(2)6-10-14/h3-10H,1-2H3. The molecule has 2 aromatic rings. The van der Waals surface area contributed by atoms with E-state index in [0.29, 0.717) is 15.7 Å². The Morgan fingerprint density at radius 3 is 1.62 bits per heavy atom. The minimum absolute atomic E-state index is 0.215. The zero-order chi connectivity index (χ0) is 15.7. The van der Waals surface area contributed by atoms with Gasteiger partial charge in [-0.15, -0.1) is 0 Å². The van der Waals surface area contributed by atoms with Crippen LogP contribution in [0.1, 0.15) is 11.1 Å². The van der Waals surface area contributed by atoms with Gasteiger partial charge < -0.3 is 0 Å². The normalized spacial score (nSPS) is 12.3. The van der Waals surface area contributed by atoms with Gasteiger partial charge >= 0.3 is 7.90 Å². The third kappa shape index (κ3) is 3.48. The molecule has 0 spiro atoms.